The number of nitrogens with zero attached hydrogens (tertiary/aromatic N) is 4. The van der Waals surface area contributed by atoms with Crippen molar-refractivity contribution in [3.05, 3.63) is 18.0 Å². The SMILES string of the molecule is CC#CCN1CC(CC#N)(n2cc(C)cn2)C1. The maximum atomic E-state index is 8.96. The highest BCUT2D eigenvalue weighted by atomic mass is 15.4. The summed E-state index contributed by atoms with van der Waals surface area (Å²) < 4.78 is 1.95. The first-order chi connectivity index (χ1) is 8.20. The largest absolute Gasteiger partial charge is 0.287 e. The maximum Gasteiger partial charge on any atom is 0.101 e. The van der Waals surface area contributed by atoms with E-state index in [-0.39, 0.29) is 5.54 Å². The molecule has 4 heteroatoms. The summed E-state index contributed by atoms with van der Waals surface area (Å²) in [5.74, 6) is 5.94. The fraction of sp³-hybridized carbons (Fsp3) is 0.538. The molecule has 88 valence electrons. The molecule has 0 saturated carbocycles. The minimum Gasteiger partial charge on any atom is -0.287 e. The zero-order valence-electron chi connectivity index (χ0n) is 10.3. The molecule has 0 atom stereocenters. The molecular formula is C13H16N4. The molecule has 17 heavy (non-hydrogen) atoms. The van der Waals surface area contributed by atoms with E-state index >= 15 is 0 Å². The molecule has 1 saturated heterocycles. The lowest BCUT2D eigenvalue weighted by atomic mass is 9.87. The fourth-order valence-corrected chi connectivity index (χ4v) is 2.25. The van der Waals surface area contributed by atoms with Gasteiger partial charge in [-0.3, -0.25) is 9.58 Å². The van der Waals surface area contributed by atoms with Crippen LogP contribution in [0.25, 0.3) is 0 Å². The van der Waals surface area contributed by atoms with Crippen LogP contribution >= 0.6 is 0 Å². The molecular weight excluding hydrogens is 212 g/mol. The first-order valence-electron chi connectivity index (χ1n) is 5.71. The summed E-state index contributed by atoms with van der Waals surface area (Å²) in [5.41, 5.74) is 0.993. The number of nitriles is 1. The minimum absolute atomic E-state index is 0.140. The van der Waals surface area contributed by atoms with Gasteiger partial charge in [0.1, 0.15) is 5.54 Å². The molecule has 1 aliphatic rings. The van der Waals surface area contributed by atoms with Crippen LogP contribution in [0.2, 0.25) is 0 Å². The lowest BCUT2D eigenvalue weighted by Crippen LogP contribution is -2.62. The van der Waals surface area contributed by atoms with Gasteiger partial charge in [-0.05, 0) is 19.4 Å². The standard InChI is InChI=1S/C13H16N4/c1-3-4-7-16-10-13(11-16,5-6-14)17-9-12(2)8-15-17/h8-9H,5,7,10-11H2,1-2H3. The molecule has 0 amide bonds. The van der Waals surface area contributed by atoms with Crippen molar-refractivity contribution in [2.75, 3.05) is 19.6 Å². The molecule has 0 spiro atoms. The Morgan fingerprint density at radius 1 is 1.53 bits per heavy atom. The van der Waals surface area contributed by atoms with Crippen molar-refractivity contribution in [2.45, 2.75) is 25.8 Å². The van der Waals surface area contributed by atoms with Gasteiger partial charge >= 0.3 is 0 Å². The second kappa shape index (κ2) is 4.61. The van der Waals surface area contributed by atoms with Gasteiger partial charge in [-0.15, -0.1) is 5.92 Å². The first kappa shape index (κ1) is 11.7. The Hall–Kier alpha value is -1.78. The van der Waals surface area contributed by atoms with Crippen molar-refractivity contribution in [2.24, 2.45) is 0 Å². The smallest absolute Gasteiger partial charge is 0.101 e. The van der Waals surface area contributed by atoms with Gasteiger partial charge in [0.2, 0.25) is 0 Å². The fourth-order valence-electron chi connectivity index (χ4n) is 2.25. The summed E-state index contributed by atoms with van der Waals surface area (Å²) in [6, 6.07) is 2.27. The molecule has 0 unspecified atom stereocenters. The molecule has 1 aromatic rings. The van der Waals surface area contributed by atoms with E-state index in [1.54, 1.807) is 0 Å². The van der Waals surface area contributed by atoms with Crippen molar-refractivity contribution in [3.8, 4) is 17.9 Å². The van der Waals surface area contributed by atoms with Crippen LogP contribution in [0.5, 0.6) is 0 Å². The van der Waals surface area contributed by atoms with Crippen LogP contribution in [0.15, 0.2) is 12.4 Å². The number of hydrogen-bond donors (Lipinski definition) is 0. The monoisotopic (exact) mass is 228 g/mol. The Kier molecular flexibility index (Phi) is 3.17. The molecule has 1 aromatic heterocycles. The zero-order chi connectivity index (χ0) is 12.3. The number of hydrogen-bond acceptors (Lipinski definition) is 3. The molecule has 0 N–H and O–H groups in total. The van der Waals surface area contributed by atoms with Crippen molar-refractivity contribution in [3.63, 3.8) is 0 Å². The predicted molar refractivity (Wildman–Crippen MR) is 65.1 cm³/mol. The summed E-state index contributed by atoms with van der Waals surface area (Å²) in [7, 11) is 0. The van der Waals surface area contributed by atoms with Gasteiger partial charge in [0.05, 0.1) is 25.2 Å². The predicted octanol–water partition coefficient (Wildman–Crippen LogP) is 1.14. The van der Waals surface area contributed by atoms with Gasteiger partial charge in [-0.2, -0.15) is 10.4 Å². The van der Waals surface area contributed by atoms with Crippen LogP contribution in [0.3, 0.4) is 0 Å². The Bertz CT molecular complexity index is 491. The Labute approximate surface area is 102 Å². The average molecular weight is 228 g/mol. The van der Waals surface area contributed by atoms with Gasteiger partial charge in [0.15, 0.2) is 0 Å². The number of aryl methyl sites for hydroxylation is 1. The topological polar surface area (TPSA) is 44.9 Å². The van der Waals surface area contributed by atoms with E-state index in [0.717, 1.165) is 25.2 Å². The molecule has 4 nitrogen and oxygen atoms in total. The summed E-state index contributed by atoms with van der Waals surface area (Å²) in [4.78, 5) is 2.24. The third-order valence-corrected chi connectivity index (χ3v) is 3.12. The van der Waals surface area contributed by atoms with Crippen LogP contribution in [0.1, 0.15) is 18.9 Å². The number of rotatable bonds is 3. The molecule has 0 aliphatic carbocycles. The summed E-state index contributed by atoms with van der Waals surface area (Å²) in [5, 5.41) is 13.3. The molecule has 2 heterocycles. The highest BCUT2D eigenvalue weighted by Gasteiger charge is 2.44. The molecule has 0 radical (unpaired) electrons. The first-order valence-corrected chi connectivity index (χ1v) is 5.71. The minimum atomic E-state index is -0.140. The highest BCUT2D eigenvalue weighted by Crippen LogP contribution is 2.31. The van der Waals surface area contributed by atoms with Gasteiger partial charge in [0.25, 0.3) is 0 Å². The summed E-state index contributed by atoms with van der Waals surface area (Å²) in [6.45, 7) is 6.36. The van der Waals surface area contributed by atoms with Crippen molar-refractivity contribution in [1.82, 2.24) is 14.7 Å². The van der Waals surface area contributed by atoms with Crippen LogP contribution in [0, 0.1) is 30.1 Å². The Morgan fingerprint density at radius 2 is 2.29 bits per heavy atom. The van der Waals surface area contributed by atoms with E-state index in [4.69, 9.17) is 5.26 Å². The summed E-state index contributed by atoms with van der Waals surface area (Å²) >= 11 is 0. The Balaban J connectivity index is 2.09. The van der Waals surface area contributed by atoms with Gasteiger partial charge in [0, 0.05) is 19.3 Å². The third-order valence-electron chi connectivity index (χ3n) is 3.12. The Morgan fingerprint density at radius 3 is 2.82 bits per heavy atom. The van der Waals surface area contributed by atoms with Crippen molar-refractivity contribution >= 4 is 0 Å². The zero-order valence-corrected chi connectivity index (χ0v) is 10.3. The number of aromatic nitrogens is 2. The van der Waals surface area contributed by atoms with E-state index in [1.165, 1.54) is 0 Å². The van der Waals surface area contributed by atoms with Gasteiger partial charge in [-0.25, -0.2) is 0 Å². The third kappa shape index (κ3) is 2.18. The van der Waals surface area contributed by atoms with E-state index in [2.05, 4.69) is 27.9 Å². The van der Waals surface area contributed by atoms with E-state index in [9.17, 15) is 0 Å². The van der Waals surface area contributed by atoms with E-state index < -0.39 is 0 Å². The molecule has 1 aliphatic heterocycles. The molecule has 1 fully saturated rings. The lowest BCUT2D eigenvalue weighted by Gasteiger charge is -2.48. The van der Waals surface area contributed by atoms with E-state index in [1.807, 2.05) is 30.9 Å². The average Bonchev–Trinajstić information content (AvgIpc) is 2.68. The van der Waals surface area contributed by atoms with Gasteiger partial charge in [-0.1, -0.05) is 5.92 Å². The van der Waals surface area contributed by atoms with Crippen LogP contribution < -0.4 is 0 Å². The molecule has 0 aromatic carbocycles. The molecule has 2 rings (SSSR count). The summed E-state index contributed by atoms with van der Waals surface area (Å²) in [6.07, 6.45) is 4.36. The van der Waals surface area contributed by atoms with Crippen LogP contribution in [0.4, 0.5) is 0 Å². The highest BCUT2D eigenvalue weighted by molar-refractivity contribution is 5.12. The van der Waals surface area contributed by atoms with E-state index in [0.29, 0.717) is 6.42 Å². The second-order valence-electron chi connectivity index (χ2n) is 4.59. The normalized spacial score (nSPS) is 17.7. The lowest BCUT2D eigenvalue weighted by molar-refractivity contribution is 0.0159. The quantitative estimate of drug-likeness (QED) is 0.729. The van der Waals surface area contributed by atoms with Crippen LogP contribution in [-0.4, -0.2) is 34.3 Å². The molecule has 0 bridgehead atoms. The maximum absolute atomic E-state index is 8.96. The second-order valence-corrected chi connectivity index (χ2v) is 4.59. The van der Waals surface area contributed by atoms with Gasteiger partial charge < -0.3 is 0 Å². The van der Waals surface area contributed by atoms with Crippen molar-refractivity contribution in [1.29, 1.82) is 5.26 Å². The van der Waals surface area contributed by atoms with Crippen molar-refractivity contribution < 1.29 is 0 Å². The van der Waals surface area contributed by atoms with Crippen LogP contribution in [-0.2, 0) is 5.54 Å². The number of likely N-dealkylation sites (tertiary alicyclic amines) is 1.